The van der Waals surface area contributed by atoms with Crippen molar-refractivity contribution in [1.82, 2.24) is 9.88 Å². The number of para-hydroxylation sites is 1. The van der Waals surface area contributed by atoms with E-state index in [4.69, 9.17) is 0 Å². The third-order valence-corrected chi connectivity index (χ3v) is 11.1. The van der Waals surface area contributed by atoms with Crippen molar-refractivity contribution in [2.45, 2.75) is 225 Å². The molecule has 0 bridgehead atoms. The van der Waals surface area contributed by atoms with Crippen LogP contribution < -0.4 is 5.32 Å². The monoisotopic (exact) mass is 709 g/mol. The van der Waals surface area contributed by atoms with Crippen LogP contribution in [0.1, 0.15) is 241 Å². The third kappa shape index (κ3) is 19.9. The highest BCUT2D eigenvalue weighted by Gasteiger charge is 2.27. The van der Waals surface area contributed by atoms with Crippen molar-refractivity contribution in [2.75, 3.05) is 0 Å². The summed E-state index contributed by atoms with van der Waals surface area (Å²) >= 11 is 0. The highest BCUT2D eigenvalue weighted by atomic mass is 16.4. The average Bonchev–Trinajstić information content (AvgIpc) is 3.43. The predicted octanol–water partition coefficient (Wildman–Crippen LogP) is 14.6. The highest BCUT2D eigenvalue weighted by molar-refractivity contribution is 5.99. The van der Waals surface area contributed by atoms with Crippen molar-refractivity contribution in [3.8, 4) is 0 Å². The molecule has 1 amide bonds. The fourth-order valence-electron chi connectivity index (χ4n) is 7.97. The Bertz CT molecular complexity index is 1150. The summed E-state index contributed by atoms with van der Waals surface area (Å²) in [6.07, 6.45) is 40.6. The van der Waals surface area contributed by atoms with Crippen molar-refractivity contribution < 1.29 is 14.7 Å². The van der Waals surface area contributed by atoms with E-state index in [9.17, 15) is 14.7 Å². The smallest absolute Gasteiger partial charge is 0.352 e. The van der Waals surface area contributed by atoms with Crippen LogP contribution in [0.25, 0.3) is 10.9 Å². The zero-order valence-corrected chi connectivity index (χ0v) is 33.7. The molecule has 0 aliphatic rings. The van der Waals surface area contributed by atoms with Crippen LogP contribution in [0.5, 0.6) is 0 Å². The standard InChI is InChI=1S/C46H80N2O3/c1-4-6-8-10-12-14-16-18-20-22-24-26-28-30-32-37-41(44-40-36-34-35-38-42(40)48(3)45(44)46(50)51)47-43(49)39-33-31-29-27-25-23-21-19-17-15-13-11-9-7-5-2/h34-36,38,41H,4-33,37,39H2,1-3H3,(H,47,49)(H,50,51). The minimum atomic E-state index is -0.929. The number of carboxylic acid groups (broad SMARTS) is 1. The van der Waals surface area contributed by atoms with Crippen LogP contribution in [0.4, 0.5) is 0 Å². The molecule has 1 aromatic heterocycles. The number of unbranched alkanes of at least 4 members (excludes halogenated alkanes) is 28. The summed E-state index contributed by atoms with van der Waals surface area (Å²) in [7, 11) is 1.83. The molecule has 1 heterocycles. The van der Waals surface area contributed by atoms with Crippen LogP contribution in [0.3, 0.4) is 0 Å². The van der Waals surface area contributed by atoms with E-state index >= 15 is 0 Å². The molecule has 2 aromatic rings. The SMILES string of the molecule is CCCCCCCCCCCCCCCCCC(=O)NC(CCCCCCCCCCCCCCCCC)c1c(C(=O)O)n(C)c2ccccc12. The number of fused-ring (bicyclic) bond motifs is 1. The Morgan fingerprint density at radius 3 is 1.35 bits per heavy atom. The van der Waals surface area contributed by atoms with Gasteiger partial charge < -0.3 is 15.0 Å². The molecule has 0 aliphatic carbocycles. The normalized spacial score (nSPS) is 12.1. The minimum Gasteiger partial charge on any atom is -0.477 e. The van der Waals surface area contributed by atoms with Crippen LogP contribution >= 0.6 is 0 Å². The van der Waals surface area contributed by atoms with E-state index in [0.717, 1.165) is 48.6 Å². The van der Waals surface area contributed by atoms with E-state index in [0.29, 0.717) is 12.1 Å². The van der Waals surface area contributed by atoms with Crippen molar-refractivity contribution in [2.24, 2.45) is 7.05 Å². The second-order valence-electron chi connectivity index (χ2n) is 15.7. The highest BCUT2D eigenvalue weighted by Crippen LogP contribution is 2.33. The van der Waals surface area contributed by atoms with Gasteiger partial charge in [-0.25, -0.2) is 4.79 Å². The first-order valence-electron chi connectivity index (χ1n) is 22.1. The van der Waals surface area contributed by atoms with Crippen LogP contribution in [0.15, 0.2) is 24.3 Å². The maximum atomic E-state index is 13.3. The van der Waals surface area contributed by atoms with Crippen molar-refractivity contribution >= 4 is 22.8 Å². The van der Waals surface area contributed by atoms with Gasteiger partial charge in [-0.05, 0) is 18.9 Å². The van der Waals surface area contributed by atoms with Gasteiger partial charge in [-0.15, -0.1) is 0 Å². The Hall–Kier alpha value is -2.30. The largest absolute Gasteiger partial charge is 0.477 e. The van der Waals surface area contributed by atoms with E-state index in [-0.39, 0.29) is 11.9 Å². The summed E-state index contributed by atoms with van der Waals surface area (Å²) in [5, 5.41) is 14.5. The van der Waals surface area contributed by atoms with Gasteiger partial charge in [0.15, 0.2) is 0 Å². The molecule has 5 heteroatoms. The first-order valence-corrected chi connectivity index (χ1v) is 22.1. The van der Waals surface area contributed by atoms with E-state index in [1.54, 1.807) is 4.57 Å². The Balaban J connectivity index is 1.71. The van der Waals surface area contributed by atoms with Gasteiger partial charge in [0.05, 0.1) is 6.04 Å². The molecule has 2 N–H and O–H groups in total. The van der Waals surface area contributed by atoms with Crippen LogP contribution in [0, 0.1) is 0 Å². The number of rotatable bonds is 35. The molecule has 0 spiro atoms. The molecule has 1 atom stereocenters. The second kappa shape index (κ2) is 30.2. The number of nitrogens with one attached hydrogen (secondary N) is 1. The topological polar surface area (TPSA) is 71.3 Å². The molecule has 0 fully saturated rings. The maximum absolute atomic E-state index is 13.3. The van der Waals surface area contributed by atoms with Crippen LogP contribution in [-0.4, -0.2) is 21.6 Å². The number of carbonyl (C=O) groups is 2. The Morgan fingerprint density at radius 2 is 0.941 bits per heavy atom. The summed E-state index contributed by atoms with van der Waals surface area (Å²) in [4.78, 5) is 25.8. The molecule has 1 unspecified atom stereocenters. The lowest BCUT2D eigenvalue weighted by molar-refractivity contribution is -0.122. The van der Waals surface area contributed by atoms with Crippen molar-refractivity contribution in [1.29, 1.82) is 0 Å². The number of amides is 1. The summed E-state index contributed by atoms with van der Waals surface area (Å²) in [5.41, 5.74) is 1.98. The van der Waals surface area contributed by atoms with Gasteiger partial charge in [0.25, 0.3) is 0 Å². The van der Waals surface area contributed by atoms with Crippen molar-refractivity contribution in [3.05, 3.63) is 35.5 Å². The van der Waals surface area contributed by atoms with Crippen molar-refractivity contribution in [3.63, 3.8) is 0 Å². The third-order valence-electron chi connectivity index (χ3n) is 11.1. The van der Waals surface area contributed by atoms with Gasteiger partial charge in [-0.2, -0.15) is 0 Å². The molecule has 0 saturated heterocycles. The molecule has 2 rings (SSSR count). The Labute approximate surface area is 314 Å². The van der Waals surface area contributed by atoms with Gasteiger partial charge in [-0.3, -0.25) is 4.79 Å². The van der Waals surface area contributed by atoms with E-state index in [1.807, 2.05) is 31.3 Å². The van der Waals surface area contributed by atoms with E-state index in [1.165, 1.54) is 167 Å². The molecule has 292 valence electrons. The van der Waals surface area contributed by atoms with Gasteiger partial charge in [0, 0.05) is 29.9 Å². The summed E-state index contributed by atoms with van der Waals surface area (Å²) in [6, 6.07) is 7.63. The number of carbonyl (C=O) groups excluding carboxylic acids is 1. The molecular weight excluding hydrogens is 629 g/mol. The lowest BCUT2D eigenvalue weighted by Crippen LogP contribution is -2.29. The molecule has 5 nitrogen and oxygen atoms in total. The molecule has 1 aromatic carbocycles. The molecule has 0 saturated carbocycles. The fourth-order valence-corrected chi connectivity index (χ4v) is 7.97. The number of benzene rings is 1. The number of aromatic carboxylic acids is 1. The Kier molecular flexibility index (Phi) is 26.6. The van der Waals surface area contributed by atoms with Crippen LogP contribution in [0.2, 0.25) is 0 Å². The molecule has 0 radical (unpaired) electrons. The summed E-state index contributed by atoms with van der Waals surface area (Å²) in [5.74, 6) is -0.873. The van der Waals surface area contributed by atoms with Gasteiger partial charge in [-0.1, -0.05) is 218 Å². The van der Waals surface area contributed by atoms with Crippen LogP contribution in [-0.2, 0) is 11.8 Å². The first kappa shape index (κ1) is 44.9. The molecule has 0 aliphatic heterocycles. The maximum Gasteiger partial charge on any atom is 0.352 e. The minimum absolute atomic E-state index is 0.0555. The lowest BCUT2D eigenvalue weighted by atomic mass is 9.96. The summed E-state index contributed by atoms with van der Waals surface area (Å²) < 4.78 is 1.78. The van der Waals surface area contributed by atoms with E-state index < -0.39 is 5.97 Å². The van der Waals surface area contributed by atoms with E-state index in [2.05, 4.69) is 19.2 Å². The molecular formula is C46H80N2O3. The number of aromatic nitrogens is 1. The first-order chi connectivity index (χ1) is 25.0. The lowest BCUT2D eigenvalue weighted by Gasteiger charge is -2.20. The number of hydrogen-bond donors (Lipinski definition) is 2. The molecule has 51 heavy (non-hydrogen) atoms. The zero-order valence-electron chi connectivity index (χ0n) is 33.7. The fraction of sp³-hybridized carbons (Fsp3) is 0.783. The van der Waals surface area contributed by atoms with Gasteiger partial charge >= 0.3 is 5.97 Å². The predicted molar refractivity (Wildman–Crippen MR) is 220 cm³/mol. The van der Waals surface area contributed by atoms with Gasteiger partial charge in [0.1, 0.15) is 5.69 Å². The number of nitrogens with zero attached hydrogens (tertiary/aromatic N) is 1. The quantitative estimate of drug-likeness (QED) is 0.0700. The number of carboxylic acids is 1. The number of aryl methyl sites for hydroxylation is 1. The number of hydrogen-bond acceptors (Lipinski definition) is 2. The zero-order chi connectivity index (χ0) is 36.8. The summed E-state index contributed by atoms with van der Waals surface area (Å²) in [6.45, 7) is 4.56. The van der Waals surface area contributed by atoms with Gasteiger partial charge in [0.2, 0.25) is 5.91 Å². The average molecular weight is 709 g/mol. The Morgan fingerprint density at radius 1 is 0.569 bits per heavy atom. The second-order valence-corrected chi connectivity index (χ2v) is 15.7.